The maximum Gasteiger partial charge on any atom is 0.326 e. The zero-order valence-electron chi connectivity index (χ0n) is 11.4. The number of pyridine rings is 1. The van der Waals surface area contributed by atoms with E-state index < -0.39 is 17.9 Å². The summed E-state index contributed by atoms with van der Waals surface area (Å²) in [5.41, 5.74) is 1.24. The molecule has 7 heteroatoms. The number of amides is 1. The van der Waals surface area contributed by atoms with Gasteiger partial charge in [-0.2, -0.15) is 0 Å². The fraction of sp³-hybridized carbons (Fsp3) is 0.385. The Morgan fingerprint density at radius 1 is 1.40 bits per heavy atom. The fourth-order valence-corrected chi connectivity index (χ4v) is 1.81. The zero-order valence-corrected chi connectivity index (χ0v) is 11.4. The first-order chi connectivity index (χ1) is 9.40. The molecule has 1 atom stereocenters. The summed E-state index contributed by atoms with van der Waals surface area (Å²) in [4.78, 5) is 27.1. The van der Waals surface area contributed by atoms with Crippen molar-refractivity contribution in [1.82, 2.24) is 15.5 Å². The summed E-state index contributed by atoms with van der Waals surface area (Å²) in [6.45, 7) is 5.19. The van der Waals surface area contributed by atoms with Crippen molar-refractivity contribution in [2.24, 2.45) is 5.92 Å². The quantitative estimate of drug-likeness (QED) is 0.874. The van der Waals surface area contributed by atoms with Crippen molar-refractivity contribution in [3.63, 3.8) is 0 Å². The van der Waals surface area contributed by atoms with E-state index in [2.05, 4.69) is 15.5 Å². The zero-order chi connectivity index (χ0) is 14.9. The van der Waals surface area contributed by atoms with Crippen LogP contribution in [0.2, 0.25) is 0 Å². The molecule has 2 aromatic heterocycles. The number of carboxylic acid groups (broad SMARTS) is 1. The van der Waals surface area contributed by atoms with E-state index in [1.165, 1.54) is 6.20 Å². The predicted molar refractivity (Wildman–Crippen MR) is 70.3 cm³/mol. The third kappa shape index (κ3) is 2.61. The lowest BCUT2D eigenvalue weighted by molar-refractivity contribution is -0.140. The minimum atomic E-state index is -1.07. The van der Waals surface area contributed by atoms with Gasteiger partial charge in [-0.25, -0.2) is 9.78 Å². The minimum absolute atomic E-state index is 0.217. The maximum absolute atomic E-state index is 12.1. The van der Waals surface area contributed by atoms with Crippen LogP contribution in [-0.2, 0) is 4.79 Å². The average Bonchev–Trinajstić information content (AvgIpc) is 2.76. The van der Waals surface area contributed by atoms with E-state index in [4.69, 9.17) is 9.63 Å². The second-order valence-corrected chi connectivity index (χ2v) is 4.88. The summed E-state index contributed by atoms with van der Waals surface area (Å²) in [6, 6.07) is 0.643. The van der Waals surface area contributed by atoms with Crippen LogP contribution in [-0.4, -0.2) is 33.2 Å². The highest BCUT2D eigenvalue weighted by atomic mass is 16.5. The molecular weight excluding hydrogens is 262 g/mol. The summed E-state index contributed by atoms with van der Waals surface area (Å²) < 4.78 is 4.95. The van der Waals surface area contributed by atoms with Crippen molar-refractivity contribution in [2.45, 2.75) is 26.8 Å². The van der Waals surface area contributed by atoms with E-state index in [1.807, 2.05) is 0 Å². The van der Waals surface area contributed by atoms with Gasteiger partial charge >= 0.3 is 5.97 Å². The largest absolute Gasteiger partial charge is 0.480 e. The highest BCUT2D eigenvalue weighted by Gasteiger charge is 2.24. The van der Waals surface area contributed by atoms with E-state index in [1.54, 1.807) is 26.8 Å². The van der Waals surface area contributed by atoms with Gasteiger partial charge in [-0.15, -0.1) is 0 Å². The van der Waals surface area contributed by atoms with Crippen molar-refractivity contribution >= 4 is 23.0 Å². The molecule has 2 aromatic rings. The summed E-state index contributed by atoms with van der Waals surface area (Å²) in [5, 5.41) is 15.9. The number of aliphatic carboxylic acids is 1. The molecule has 106 valence electrons. The molecule has 7 nitrogen and oxygen atoms in total. The summed E-state index contributed by atoms with van der Waals surface area (Å²) in [7, 11) is 0. The third-order valence-corrected chi connectivity index (χ3v) is 2.99. The number of nitrogens with one attached hydrogen (secondary N) is 1. The van der Waals surface area contributed by atoms with Gasteiger partial charge in [-0.3, -0.25) is 4.79 Å². The van der Waals surface area contributed by atoms with Crippen molar-refractivity contribution in [3.8, 4) is 0 Å². The normalized spacial score (nSPS) is 12.6. The SMILES string of the molecule is Cc1noc2ncc(C(=O)NC(C(=O)O)C(C)C)cc12. The van der Waals surface area contributed by atoms with Crippen LogP contribution >= 0.6 is 0 Å². The van der Waals surface area contributed by atoms with Crippen molar-refractivity contribution in [1.29, 1.82) is 0 Å². The van der Waals surface area contributed by atoms with Crippen LogP contribution in [0.15, 0.2) is 16.8 Å². The van der Waals surface area contributed by atoms with E-state index >= 15 is 0 Å². The van der Waals surface area contributed by atoms with Crippen LogP contribution in [0.4, 0.5) is 0 Å². The molecule has 0 aliphatic heterocycles. The topological polar surface area (TPSA) is 105 Å². The highest BCUT2D eigenvalue weighted by Crippen LogP contribution is 2.17. The third-order valence-electron chi connectivity index (χ3n) is 2.99. The van der Waals surface area contributed by atoms with Crippen LogP contribution < -0.4 is 5.32 Å². The van der Waals surface area contributed by atoms with E-state index in [-0.39, 0.29) is 11.5 Å². The lowest BCUT2D eigenvalue weighted by Crippen LogP contribution is -2.44. The molecule has 0 radical (unpaired) electrons. The molecule has 2 heterocycles. The highest BCUT2D eigenvalue weighted by molar-refractivity contribution is 5.98. The Kier molecular flexibility index (Phi) is 3.69. The van der Waals surface area contributed by atoms with Crippen molar-refractivity contribution in [3.05, 3.63) is 23.5 Å². The fourth-order valence-electron chi connectivity index (χ4n) is 1.81. The lowest BCUT2D eigenvalue weighted by atomic mass is 10.0. The van der Waals surface area contributed by atoms with Gasteiger partial charge in [0.2, 0.25) is 0 Å². The number of hydrogen-bond acceptors (Lipinski definition) is 5. The molecule has 2 rings (SSSR count). The molecule has 1 amide bonds. The number of fused-ring (bicyclic) bond motifs is 1. The number of carbonyl (C=O) groups excluding carboxylic acids is 1. The van der Waals surface area contributed by atoms with Crippen LogP contribution in [0.25, 0.3) is 11.1 Å². The predicted octanol–water partition coefficient (Wildman–Crippen LogP) is 1.37. The molecule has 20 heavy (non-hydrogen) atoms. The van der Waals surface area contributed by atoms with Gasteiger partial charge in [-0.05, 0) is 18.9 Å². The molecule has 0 saturated heterocycles. The number of carbonyl (C=O) groups is 2. The number of nitrogens with zero attached hydrogens (tertiary/aromatic N) is 2. The van der Waals surface area contributed by atoms with E-state index in [0.29, 0.717) is 16.8 Å². The number of aryl methyl sites for hydroxylation is 1. The van der Waals surface area contributed by atoms with Gasteiger partial charge in [-0.1, -0.05) is 19.0 Å². The van der Waals surface area contributed by atoms with Crippen molar-refractivity contribution < 1.29 is 19.2 Å². The Morgan fingerprint density at radius 2 is 2.10 bits per heavy atom. The second-order valence-electron chi connectivity index (χ2n) is 4.88. The van der Waals surface area contributed by atoms with Crippen LogP contribution in [0.3, 0.4) is 0 Å². The molecule has 2 N–H and O–H groups in total. The summed E-state index contributed by atoms with van der Waals surface area (Å²) >= 11 is 0. The molecule has 0 aliphatic rings. The first-order valence-electron chi connectivity index (χ1n) is 6.16. The Labute approximate surface area is 115 Å². The smallest absolute Gasteiger partial charge is 0.326 e. The van der Waals surface area contributed by atoms with Crippen molar-refractivity contribution in [2.75, 3.05) is 0 Å². The maximum atomic E-state index is 12.1. The van der Waals surface area contributed by atoms with Gasteiger partial charge in [0.25, 0.3) is 11.6 Å². The Morgan fingerprint density at radius 3 is 2.70 bits per heavy atom. The minimum Gasteiger partial charge on any atom is -0.480 e. The van der Waals surface area contributed by atoms with E-state index in [0.717, 1.165) is 0 Å². The number of aromatic nitrogens is 2. The van der Waals surface area contributed by atoms with Crippen LogP contribution in [0.1, 0.15) is 29.9 Å². The molecule has 0 saturated carbocycles. The summed E-state index contributed by atoms with van der Waals surface area (Å²) in [5.74, 6) is -1.77. The van der Waals surface area contributed by atoms with Gasteiger partial charge in [0.05, 0.1) is 16.6 Å². The molecule has 0 bridgehead atoms. The van der Waals surface area contributed by atoms with Gasteiger partial charge in [0.1, 0.15) is 6.04 Å². The Balaban J connectivity index is 2.26. The second kappa shape index (κ2) is 5.28. The average molecular weight is 277 g/mol. The Hall–Kier alpha value is -2.44. The first-order valence-corrected chi connectivity index (χ1v) is 6.16. The van der Waals surface area contributed by atoms with Crippen LogP contribution in [0.5, 0.6) is 0 Å². The van der Waals surface area contributed by atoms with Gasteiger partial charge in [0, 0.05) is 6.20 Å². The summed E-state index contributed by atoms with van der Waals surface area (Å²) in [6.07, 6.45) is 1.33. The number of carboxylic acids is 1. The van der Waals surface area contributed by atoms with Crippen LogP contribution in [0, 0.1) is 12.8 Å². The van der Waals surface area contributed by atoms with E-state index in [9.17, 15) is 9.59 Å². The number of hydrogen-bond donors (Lipinski definition) is 2. The molecule has 0 fully saturated rings. The molecule has 0 aliphatic carbocycles. The molecular formula is C13H15N3O4. The Bertz CT molecular complexity index is 663. The monoisotopic (exact) mass is 277 g/mol. The molecule has 0 spiro atoms. The molecule has 0 aromatic carbocycles. The number of rotatable bonds is 4. The molecule has 1 unspecified atom stereocenters. The van der Waals surface area contributed by atoms with Gasteiger partial charge < -0.3 is 14.9 Å². The lowest BCUT2D eigenvalue weighted by Gasteiger charge is -2.17. The standard InChI is InChI=1S/C13H15N3O4/c1-6(2)10(13(18)19)15-11(17)8-4-9-7(3)16-20-12(9)14-5-8/h4-6,10H,1-3H3,(H,15,17)(H,18,19). The van der Waals surface area contributed by atoms with Gasteiger partial charge in [0.15, 0.2) is 0 Å². The first kappa shape index (κ1) is 14.0.